The minimum atomic E-state index is -0.153. The SMILES string of the molecule is CC1CN(C(=O)Nc2cccc(C#N)c2)CCO1. The van der Waals surface area contributed by atoms with Crippen LogP contribution in [0, 0.1) is 11.3 Å². The molecule has 1 atom stereocenters. The van der Waals surface area contributed by atoms with Crippen molar-refractivity contribution in [1.29, 1.82) is 5.26 Å². The Balaban J connectivity index is 2.00. The minimum absolute atomic E-state index is 0.0648. The molecule has 1 heterocycles. The Kier molecular flexibility index (Phi) is 3.80. The Morgan fingerprint density at radius 3 is 3.17 bits per heavy atom. The molecule has 0 saturated carbocycles. The van der Waals surface area contributed by atoms with Crippen LogP contribution in [0.15, 0.2) is 24.3 Å². The van der Waals surface area contributed by atoms with Crippen molar-refractivity contribution < 1.29 is 9.53 Å². The highest BCUT2D eigenvalue weighted by Crippen LogP contribution is 2.12. The largest absolute Gasteiger partial charge is 0.375 e. The Morgan fingerprint density at radius 2 is 2.44 bits per heavy atom. The summed E-state index contributed by atoms with van der Waals surface area (Å²) in [5.41, 5.74) is 1.17. The molecule has 0 bridgehead atoms. The van der Waals surface area contributed by atoms with Gasteiger partial charge in [0.25, 0.3) is 0 Å². The molecule has 0 radical (unpaired) electrons. The number of carbonyl (C=O) groups excluding carboxylic acids is 1. The number of nitrogens with zero attached hydrogens (tertiary/aromatic N) is 2. The summed E-state index contributed by atoms with van der Waals surface area (Å²) in [5, 5.41) is 11.6. The van der Waals surface area contributed by atoms with Gasteiger partial charge in [0.2, 0.25) is 0 Å². The van der Waals surface area contributed by atoms with Crippen LogP contribution in [0.2, 0.25) is 0 Å². The molecule has 94 valence electrons. The van der Waals surface area contributed by atoms with Gasteiger partial charge < -0.3 is 15.0 Å². The van der Waals surface area contributed by atoms with Gasteiger partial charge in [0.1, 0.15) is 0 Å². The number of ether oxygens (including phenoxy) is 1. The van der Waals surface area contributed by atoms with Crippen LogP contribution in [-0.2, 0) is 4.74 Å². The monoisotopic (exact) mass is 245 g/mol. The van der Waals surface area contributed by atoms with Crippen LogP contribution in [0.4, 0.5) is 10.5 Å². The summed E-state index contributed by atoms with van der Waals surface area (Å²) in [7, 11) is 0. The summed E-state index contributed by atoms with van der Waals surface area (Å²) in [4.78, 5) is 13.7. The third kappa shape index (κ3) is 2.99. The van der Waals surface area contributed by atoms with Crippen LogP contribution < -0.4 is 5.32 Å². The van der Waals surface area contributed by atoms with E-state index in [1.165, 1.54) is 0 Å². The van der Waals surface area contributed by atoms with Crippen molar-refractivity contribution in [2.75, 3.05) is 25.0 Å². The first kappa shape index (κ1) is 12.4. The van der Waals surface area contributed by atoms with Crippen molar-refractivity contribution in [1.82, 2.24) is 4.90 Å². The van der Waals surface area contributed by atoms with Crippen LogP contribution in [-0.4, -0.2) is 36.7 Å². The number of hydrogen-bond acceptors (Lipinski definition) is 3. The predicted octanol–water partition coefficient (Wildman–Crippen LogP) is 1.81. The lowest BCUT2D eigenvalue weighted by Gasteiger charge is -2.31. The van der Waals surface area contributed by atoms with Crippen LogP contribution in [0.3, 0.4) is 0 Å². The van der Waals surface area contributed by atoms with Gasteiger partial charge in [-0.2, -0.15) is 5.26 Å². The highest BCUT2D eigenvalue weighted by Gasteiger charge is 2.21. The van der Waals surface area contributed by atoms with Gasteiger partial charge in [-0.15, -0.1) is 0 Å². The quantitative estimate of drug-likeness (QED) is 0.820. The van der Waals surface area contributed by atoms with Gasteiger partial charge in [-0.3, -0.25) is 0 Å². The molecule has 1 fully saturated rings. The smallest absolute Gasteiger partial charge is 0.322 e. The summed E-state index contributed by atoms with van der Waals surface area (Å²) in [6, 6.07) is 8.76. The second-order valence-corrected chi connectivity index (χ2v) is 4.25. The fourth-order valence-electron chi connectivity index (χ4n) is 1.87. The van der Waals surface area contributed by atoms with E-state index in [-0.39, 0.29) is 12.1 Å². The maximum atomic E-state index is 12.0. The maximum Gasteiger partial charge on any atom is 0.322 e. The summed E-state index contributed by atoms with van der Waals surface area (Å²) in [5.74, 6) is 0. The molecule has 5 nitrogen and oxygen atoms in total. The molecule has 2 amide bonds. The molecule has 1 aromatic rings. The van der Waals surface area contributed by atoms with Gasteiger partial charge in [-0.1, -0.05) is 6.07 Å². The van der Waals surface area contributed by atoms with Gasteiger partial charge in [-0.25, -0.2) is 4.79 Å². The van der Waals surface area contributed by atoms with Gasteiger partial charge >= 0.3 is 6.03 Å². The van der Waals surface area contributed by atoms with E-state index in [1.807, 2.05) is 13.0 Å². The number of hydrogen-bond donors (Lipinski definition) is 1. The fraction of sp³-hybridized carbons (Fsp3) is 0.385. The van der Waals surface area contributed by atoms with E-state index in [2.05, 4.69) is 5.32 Å². The van der Waals surface area contributed by atoms with E-state index in [1.54, 1.807) is 29.2 Å². The van der Waals surface area contributed by atoms with E-state index in [9.17, 15) is 4.79 Å². The number of carbonyl (C=O) groups is 1. The third-order valence-corrected chi connectivity index (χ3v) is 2.77. The molecule has 2 rings (SSSR count). The topological polar surface area (TPSA) is 65.4 Å². The molecule has 0 spiro atoms. The summed E-state index contributed by atoms with van der Waals surface area (Å²) in [6.45, 7) is 3.68. The number of morpholine rings is 1. The number of rotatable bonds is 1. The normalized spacial score (nSPS) is 19.1. The summed E-state index contributed by atoms with van der Waals surface area (Å²) in [6.07, 6.45) is 0.0648. The lowest BCUT2D eigenvalue weighted by molar-refractivity contribution is -0.00138. The van der Waals surface area contributed by atoms with Gasteiger partial charge in [0.05, 0.1) is 24.3 Å². The molecule has 1 saturated heterocycles. The number of anilines is 1. The molecule has 1 aliphatic heterocycles. The first-order valence-corrected chi connectivity index (χ1v) is 5.87. The van der Waals surface area contributed by atoms with E-state index in [4.69, 9.17) is 10.00 Å². The van der Waals surface area contributed by atoms with Gasteiger partial charge in [0, 0.05) is 18.8 Å². The maximum absolute atomic E-state index is 12.0. The lowest BCUT2D eigenvalue weighted by Crippen LogP contribution is -2.46. The van der Waals surface area contributed by atoms with Crippen molar-refractivity contribution in [3.05, 3.63) is 29.8 Å². The number of nitrogens with one attached hydrogen (secondary N) is 1. The number of nitriles is 1. The van der Waals surface area contributed by atoms with Gasteiger partial charge in [0.15, 0.2) is 0 Å². The average molecular weight is 245 g/mol. The highest BCUT2D eigenvalue weighted by atomic mass is 16.5. The third-order valence-electron chi connectivity index (χ3n) is 2.77. The Morgan fingerprint density at radius 1 is 1.61 bits per heavy atom. The molecule has 1 unspecified atom stereocenters. The van der Waals surface area contributed by atoms with E-state index in [0.717, 1.165) is 0 Å². The minimum Gasteiger partial charge on any atom is -0.375 e. The van der Waals surface area contributed by atoms with Crippen LogP contribution in [0.5, 0.6) is 0 Å². The van der Waals surface area contributed by atoms with Crippen molar-refractivity contribution >= 4 is 11.7 Å². The molecule has 0 aromatic heterocycles. The molecule has 18 heavy (non-hydrogen) atoms. The second kappa shape index (κ2) is 5.52. The van der Waals surface area contributed by atoms with Crippen molar-refractivity contribution in [2.24, 2.45) is 0 Å². The zero-order valence-electron chi connectivity index (χ0n) is 10.2. The molecule has 5 heteroatoms. The summed E-state index contributed by atoms with van der Waals surface area (Å²) < 4.78 is 5.38. The Labute approximate surface area is 106 Å². The van der Waals surface area contributed by atoms with E-state index < -0.39 is 0 Å². The number of urea groups is 1. The molecule has 1 aromatic carbocycles. The highest BCUT2D eigenvalue weighted by molar-refractivity contribution is 5.89. The molecule has 1 N–H and O–H groups in total. The van der Waals surface area contributed by atoms with Crippen molar-refractivity contribution in [3.8, 4) is 6.07 Å². The molecule has 0 aliphatic carbocycles. The van der Waals surface area contributed by atoms with Crippen molar-refractivity contribution in [3.63, 3.8) is 0 Å². The summed E-state index contributed by atoms with van der Waals surface area (Å²) >= 11 is 0. The standard InChI is InChI=1S/C13H15N3O2/c1-10-9-16(5-6-18-10)13(17)15-12-4-2-3-11(7-12)8-14/h2-4,7,10H,5-6,9H2,1H3,(H,15,17). The molecular weight excluding hydrogens is 230 g/mol. The van der Waals surface area contributed by atoms with Crippen LogP contribution in [0.25, 0.3) is 0 Å². The first-order chi connectivity index (χ1) is 8.69. The van der Waals surface area contributed by atoms with E-state index >= 15 is 0 Å². The van der Waals surface area contributed by atoms with Crippen LogP contribution >= 0.6 is 0 Å². The predicted molar refractivity (Wildman–Crippen MR) is 67.2 cm³/mol. The van der Waals surface area contributed by atoms with Gasteiger partial charge in [-0.05, 0) is 25.1 Å². The zero-order valence-corrected chi connectivity index (χ0v) is 10.2. The molecular formula is C13H15N3O2. The van der Waals surface area contributed by atoms with E-state index in [0.29, 0.717) is 30.9 Å². The second-order valence-electron chi connectivity index (χ2n) is 4.25. The number of amides is 2. The average Bonchev–Trinajstić information content (AvgIpc) is 2.39. The molecule has 1 aliphatic rings. The van der Waals surface area contributed by atoms with Crippen LogP contribution in [0.1, 0.15) is 12.5 Å². The lowest BCUT2D eigenvalue weighted by atomic mass is 10.2. The fourth-order valence-corrected chi connectivity index (χ4v) is 1.87. The Bertz CT molecular complexity index is 481. The first-order valence-electron chi connectivity index (χ1n) is 5.87. The number of benzene rings is 1. The Hall–Kier alpha value is -2.06. The zero-order chi connectivity index (χ0) is 13.0. The van der Waals surface area contributed by atoms with Crippen molar-refractivity contribution in [2.45, 2.75) is 13.0 Å².